The van der Waals surface area contributed by atoms with Crippen LogP contribution < -0.4 is 10.2 Å². The van der Waals surface area contributed by atoms with Gasteiger partial charge in [-0.15, -0.1) is 11.3 Å². The van der Waals surface area contributed by atoms with Crippen molar-refractivity contribution >= 4 is 16.5 Å². The highest BCUT2D eigenvalue weighted by atomic mass is 32.1. The summed E-state index contributed by atoms with van der Waals surface area (Å²) in [6.45, 7) is 14.1. The molecule has 0 fully saturated rings. The lowest BCUT2D eigenvalue weighted by atomic mass is 10.1. The Labute approximate surface area is 122 Å². The minimum Gasteiger partial charge on any atom is -0.349 e. The fourth-order valence-electron chi connectivity index (χ4n) is 1.66. The summed E-state index contributed by atoms with van der Waals surface area (Å²) in [6, 6.07) is 0.490. The van der Waals surface area contributed by atoms with Gasteiger partial charge in [-0.25, -0.2) is 4.98 Å². The Morgan fingerprint density at radius 2 is 1.95 bits per heavy atom. The first kappa shape index (κ1) is 16.4. The van der Waals surface area contributed by atoms with Crippen molar-refractivity contribution in [1.29, 1.82) is 0 Å². The topological polar surface area (TPSA) is 28.2 Å². The van der Waals surface area contributed by atoms with Crippen LogP contribution in [0.15, 0.2) is 0 Å². The molecule has 0 atom stereocenters. The smallest absolute Gasteiger partial charge is 0.185 e. The van der Waals surface area contributed by atoms with E-state index in [0.29, 0.717) is 6.04 Å². The van der Waals surface area contributed by atoms with Crippen molar-refractivity contribution < 1.29 is 0 Å². The summed E-state index contributed by atoms with van der Waals surface area (Å²) < 4.78 is 0. The zero-order chi connectivity index (χ0) is 14.6. The van der Waals surface area contributed by atoms with Crippen LogP contribution in [0.3, 0.4) is 0 Å². The van der Waals surface area contributed by atoms with Crippen molar-refractivity contribution in [3.63, 3.8) is 0 Å². The monoisotopic (exact) mass is 283 g/mol. The van der Waals surface area contributed by atoms with E-state index in [2.05, 4.69) is 58.8 Å². The van der Waals surface area contributed by atoms with Crippen molar-refractivity contribution in [1.82, 2.24) is 10.3 Å². The molecule has 0 saturated carbocycles. The predicted octanol–water partition coefficient (Wildman–Crippen LogP) is 3.83. The van der Waals surface area contributed by atoms with Gasteiger partial charge in [0, 0.05) is 30.1 Å². The summed E-state index contributed by atoms with van der Waals surface area (Å²) in [5.41, 5.74) is 1.42. The second-order valence-corrected chi connectivity index (χ2v) is 7.49. The fraction of sp³-hybridized carbons (Fsp3) is 0.800. The highest BCUT2D eigenvalue weighted by molar-refractivity contribution is 7.15. The number of hydrogen-bond acceptors (Lipinski definition) is 4. The van der Waals surface area contributed by atoms with Crippen molar-refractivity contribution in [3.8, 4) is 0 Å². The van der Waals surface area contributed by atoms with Gasteiger partial charge in [0.05, 0.1) is 5.69 Å². The minimum atomic E-state index is 0.150. The van der Waals surface area contributed by atoms with E-state index in [9.17, 15) is 0 Å². The molecule has 1 aromatic rings. The van der Waals surface area contributed by atoms with E-state index >= 15 is 0 Å². The fourth-order valence-corrected chi connectivity index (χ4v) is 2.80. The Bertz CT molecular complexity index is 391. The minimum absolute atomic E-state index is 0.150. The van der Waals surface area contributed by atoms with Crippen LogP contribution in [-0.4, -0.2) is 23.6 Å². The Morgan fingerprint density at radius 3 is 2.42 bits per heavy atom. The molecule has 0 amide bonds. The lowest BCUT2D eigenvalue weighted by Gasteiger charge is -2.20. The molecule has 1 heterocycles. The average Bonchev–Trinajstić information content (AvgIpc) is 2.68. The normalized spacial score (nSPS) is 12.2. The highest BCUT2D eigenvalue weighted by Crippen LogP contribution is 2.28. The third-order valence-corrected chi connectivity index (χ3v) is 4.30. The Balaban J connectivity index is 2.88. The maximum absolute atomic E-state index is 4.83. The quantitative estimate of drug-likeness (QED) is 0.860. The molecule has 1 aromatic heterocycles. The van der Waals surface area contributed by atoms with Crippen molar-refractivity contribution in [2.24, 2.45) is 0 Å². The summed E-state index contributed by atoms with van der Waals surface area (Å²) in [4.78, 5) is 8.47. The van der Waals surface area contributed by atoms with Crippen LogP contribution in [-0.2, 0) is 13.0 Å². The zero-order valence-corrected chi connectivity index (χ0v) is 14.3. The summed E-state index contributed by atoms with van der Waals surface area (Å²) in [7, 11) is 2.13. The maximum atomic E-state index is 4.83. The molecule has 0 spiro atoms. The maximum Gasteiger partial charge on any atom is 0.185 e. The van der Waals surface area contributed by atoms with Gasteiger partial charge in [-0.3, -0.25) is 0 Å². The van der Waals surface area contributed by atoms with E-state index in [0.717, 1.165) is 24.5 Å². The van der Waals surface area contributed by atoms with Gasteiger partial charge >= 0.3 is 0 Å². The number of aryl methyl sites for hydroxylation is 1. The van der Waals surface area contributed by atoms with E-state index in [4.69, 9.17) is 4.98 Å². The lowest BCUT2D eigenvalue weighted by molar-refractivity contribution is 0.425. The van der Waals surface area contributed by atoms with Gasteiger partial charge in [0.25, 0.3) is 0 Å². The van der Waals surface area contributed by atoms with Crippen LogP contribution in [0, 0.1) is 0 Å². The third kappa shape index (κ3) is 5.11. The van der Waals surface area contributed by atoms with Gasteiger partial charge in [-0.1, -0.05) is 13.3 Å². The molecular weight excluding hydrogens is 254 g/mol. The van der Waals surface area contributed by atoms with Gasteiger partial charge < -0.3 is 10.2 Å². The van der Waals surface area contributed by atoms with Gasteiger partial charge in [0.1, 0.15) is 0 Å². The number of nitrogens with zero attached hydrogens (tertiary/aromatic N) is 2. The molecule has 1 rings (SSSR count). The summed E-state index contributed by atoms with van der Waals surface area (Å²) in [6.07, 6.45) is 2.22. The van der Waals surface area contributed by atoms with Crippen LogP contribution in [0.4, 0.5) is 5.13 Å². The molecule has 0 aliphatic heterocycles. The SMILES string of the molecule is CCCc1nc(N(C)C(C)C)sc1CNC(C)(C)C. The highest BCUT2D eigenvalue weighted by Gasteiger charge is 2.17. The standard InChI is InChI=1S/C15H29N3S/c1-8-9-12-13(10-16-15(4,5)6)19-14(17-12)18(7)11(2)3/h11,16H,8-10H2,1-7H3. The van der Waals surface area contributed by atoms with Crippen molar-refractivity contribution in [2.75, 3.05) is 11.9 Å². The number of thiazole rings is 1. The number of anilines is 1. The number of nitrogens with one attached hydrogen (secondary N) is 1. The van der Waals surface area contributed by atoms with Gasteiger partial charge in [-0.2, -0.15) is 0 Å². The van der Waals surface area contributed by atoms with E-state index in [-0.39, 0.29) is 5.54 Å². The average molecular weight is 283 g/mol. The van der Waals surface area contributed by atoms with Crippen LogP contribution in [0.1, 0.15) is 58.5 Å². The molecule has 0 aliphatic rings. The third-order valence-electron chi connectivity index (χ3n) is 3.11. The van der Waals surface area contributed by atoms with Crippen LogP contribution in [0.25, 0.3) is 0 Å². The Morgan fingerprint density at radius 1 is 1.32 bits per heavy atom. The first-order valence-electron chi connectivity index (χ1n) is 7.21. The Hall–Kier alpha value is -0.610. The lowest BCUT2D eigenvalue weighted by Crippen LogP contribution is -2.35. The van der Waals surface area contributed by atoms with Gasteiger partial charge in [0.15, 0.2) is 5.13 Å². The Kier molecular flexibility index (Phi) is 5.81. The molecule has 3 nitrogen and oxygen atoms in total. The largest absolute Gasteiger partial charge is 0.349 e. The molecule has 110 valence electrons. The summed E-state index contributed by atoms with van der Waals surface area (Å²) in [5.74, 6) is 0. The zero-order valence-electron chi connectivity index (χ0n) is 13.5. The van der Waals surface area contributed by atoms with E-state index in [1.165, 1.54) is 10.6 Å². The molecule has 0 aliphatic carbocycles. The first-order valence-corrected chi connectivity index (χ1v) is 8.02. The van der Waals surface area contributed by atoms with Crippen LogP contribution >= 0.6 is 11.3 Å². The van der Waals surface area contributed by atoms with Crippen molar-refractivity contribution in [3.05, 3.63) is 10.6 Å². The first-order chi connectivity index (χ1) is 8.74. The second kappa shape index (κ2) is 6.71. The van der Waals surface area contributed by atoms with Crippen LogP contribution in [0.2, 0.25) is 0 Å². The molecule has 1 N–H and O–H groups in total. The van der Waals surface area contributed by atoms with Gasteiger partial charge in [-0.05, 0) is 41.0 Å². The number of rotatable bonds is 6. The molecule has 19 heavy (non-hydrogen) atoms. The summed E-state index contributed by atoms with van der Waals surface area (Å²) >= 11 is 1.83. The predicted molar refractivity (Wildman–Crippen MR) is 86.2 cm³/mol. The molecule has 0 radical (unpaired) electrons. The molecule has 0 aromatic carbocycles. The number of aromatic nitrogens is 1. The van der Waals surface area contributed by atoms with E-state index < -0.39 is 0 Å². The second-order valence-electron chi connectivity index (χ2n) is 6.42. The molecule has 4 heteroatoms. The number of hydrogen-bond donors (Lipinski definition) is 1. The van der Waals surface area contributed by atoms with Gasteiger partial charge in [0.2, 0.25) is 0 Å². The molecule has 0 unspecified atom stereocenters. The molecule has 0 bridgehead atoms. The van der Waals surface area contributed by atoms with E-state index in [1.807, 2.05) is 11.3 Å². The summed E-state index contributed by atoms with van der Waals surface area (Å²) in [5, 5.41) is 4.71. The molecule has 0 saturated heterocycles. The van der Waals surface area contributed by atoms with Crippen molar-refractivity contribution in [2.45, 2.75) is 72.5 Å². The van der Waals surface area contributed by atoms with E-state index in [1.54, 1.807) is 0 Å². The van der Waals surface area contributed by atoms with Crippen LogP contribution in [0.5, 0.6) is 0 Å². The molecular formula is C15H29N3S.